The molecule has 0 unspecified atom stereocenters. The molecule has 0 aromatic carbocycles. The fourth-order valence-corrected chi connectivity index (χ4v) is 0. The number of halogens is 1. The first-order valence-corrected chi connectivity index (χ1v) is 3.15. The molecule has 0 rings (SSSR count). The van der Waals surface area contributed by atoms with Gasteiger partial charge in [0.1, 0.15) is 0 Å². The van der Waals surface area contributed by atoms with Gasteiger partial charge in [-0.15, -0.1) is 0 Å². The van der Waals surface area contributed by atoms with E-state index in [0.717, 1.165) is 6.08 Å². The summed E-state index contributed by atoms with van der Waals surface area (Å²) in [5.41, 5.74) is 4.53. The van der Waals surface area contributed by atoms with E-state index in [-0.39, 0.29) is 0 Å². The Balaban J connectivity index is 0. The fraction of sp³-hybridized carbons (Fsp3) is 0. The Morgan fingerprint density at radius 3 is 2.00 bits per heavy atom. The van der Waals surface area contributed by atoms with Gasteiger partial charge in [0.05, 0.1) is 0 Å². The number of hydrogen-bond donors (Lipinski definition) is 1. The van der Waals surface area contributed by atoms with Gasteiger partial charge in [0.25, 0.3) is 0 Å². The number of carbonyl (C=O) groups excluding carboxylic acids is 1. The Labute approximate surface area is 58.8 Å². The first-order chi connectivity index (χ1) is 3.27. The van der Waals surface area contributed by atoms with Gasteiger partial charge in [-0.2, -0.15) is 0 Å². The molecule has 0 radical (unpaired) electrons. The number of carbonyl (C=O) groups is 1. The number of rotatable bonds is 1. The summed E-state index contributed by atoms with van der Waals surface area (Å²) in [6.07, 6.45) is 1.06. The Morgan fingerprint density at radius 2 is 2.00 bits per heavy atom. The minimum absolute atomic E-state index is 0.481. The van der Waals surface area contributed by atoms with Crippen molar-refractivity contribution in [1.82, 2.24) is 0 Å². The number of amides is 1. The molecule has 0 heterocycles. The van der Waals surface area contributed by atoms with Crippen LogP contribution in [-0.2, 0) is 4.79 Å². The first-order valence-electron chi connectivity index (χ1n) is 1.57. The average molecular weight is 158 g/mol. The summed E-state index contributed by atoms with van der Waals surface area (Å²) in [6.45, 7) is 3.09. The van der Waals surface area contributed by atoms with E-state index in [1.807, 2.05) is 15.8 Å². The molecule has 7 heavy (non-hydrogen) atoms. The third kappa shape index (κ3) is 22.1. The molecule has 0 aliphatic rings. The van der Waals surface area contributed by atoms with Crippen LogP contribution in [0.4, 0.5) is 0 Å². The van der Waals surface area contributed by atoms with Crippen LogP contribution in [0.15, 0.2) is 12.7 Å². The molecule has 2 N–H and O–H groups in total. The molecule has 0 spiro atoms. The number of nitrogens with two attached hydrogens (primary N) is 1. The molecule has 1 amide bonds. The van der Waals surface area contributed by atoms with Gasteiger partial charge < -0.3 is 5.73 Å². The second kappa shape index (κ2) is 9.56. The molecule has 36 valence electrons. The van der Waals surface area contributed by atoms with Crippen LogP contribution in [0.25, 0.3) is 0 Å². The van der Waals surface area contributed by atoms with Crippen LogP contribution >= 0.6 is 13.7 Å². The molecule has 0 bridgehead atoms. The Bertz CT molecular complexity index is 66.0. The third-order valence-electron chi connectivity index (χ3n) is 0.201. The van der Waals surface area contributed by atoms with Crippen molar-refractivity contribution in [3.8, 4) is 0 Å². The second-order valence-corrected chi connectivity index (χ2v) is 0.606. The van der Waals surface area contributed by atoms with Gasteiger partial charge >= 0.3 is 29.5 Å². The molecule has 0 saturated carbocycles. The van der Waals surface area contributed by atoms with Crippen molar-refractivity contribution in [1.29, 1.82) is 0 Å². The quantitative estimate of drug-likeness (QED) is 0.427. The number of hydrogen-bond acceptors (Lipinski definition) is 1. The third-order valence-corrected chi connectivity index (χ3v) is 0.201. The van der Waals surface area contributed by atoms with Crippen molar-refractivity contribution in [2.45, 2.75) is 0 Å². The SMILES string of the molecule is C=CC(N)=O.[Li][Br]. The molecular formula is C3H5BrLiNO. The topological polar surface area (TPSA) is 43.1 Å². The molecule has 0 fully saturated rings. The summed E-state index contributed by atoms with van der Waals surface area (Å²) in [5, 5.41) is 0. The van der Waals surface area contributed by atoms with Gasteiger partial charge in [-0.05, 0) is 6.08 Å². The standard InChI is InChI=1S/C3H5NO.BrH.Li/c1-2-3(4)5;;/h2H,1H2,(H2,4,5);1H;/q;;+1/p-1. The summed E-state index contributed by atoms with van der Waals surface area (Å²) in [7, 11) is 0. The number of primary amides is 1. The van der Waals surface area contributed by atoms with Gasteiger partial charge in [0.2, 0.25) is 5.91 Å². The van der Waals surface area contributed by atoms with Crippen molar-refractivity contribution >= 4 is 35.4 Å². The zero-order valence-electron chi connectivity index (χ0n) is 4.15. The first kappa shape index (κ1) is 10.3. The van der Waals surface area contributed by atoms with Crippen molar-refractivity contribution in [2.75, 3.05) is 0 Å². The van der Waals surface area contributed by atoms with Crippen molar-refractivity contribution in [3.05, 3.63) is 12.7 Å². The predicted molar refractivity (Wildman–Crippen MR) is 34.1 cm³/mol. The van der Waals surface area contributed by atoms with Gasteiger partial charge in [0.15, 0.2) is 0 Å². The second-order valence-electron chi connectivity index (χ2n) is 0.606. The minimum atomic E-state index is -0.481. The molecule has 0 aromatic heterocycles. The van der Waals surface area contributed by atoms with Gasteiger partial charge in [0, 0.05) is 0 Å². The van der Waals surface area contributed by atoms with Crippen LogP contribution in [0.2, 0.25) is 0 Å². The Kier molecular flexibility index (Phi) is 14.1. The van der Waals surface area contributed by atoms with Crippen LogP contribution in [-0.4, -0.2) is 21.7 Å². The predicted octanol–water partition coefficient (Wildman–Crippen LogP) is 0.123. The van der Waals surface area contributed by atoms with Crippen LogP contribution in [0.5, 0.6) is 0 Å². The molecule has 4 heteroatoms. The normalized spacial score (nSPS) is 5.57. The Hall–Kier alpha value is 0.287. The summed E-state index contributed by atoms with van der Waals surface area (Å²) in [6, 6.07) is 0. The van der Waals surface area contributed by atoms with E-state index in [1.165, 1.54) is 0 Å². The molecular weight excluding hydrogens is 153 g/mol. The van der Waals surface area contributed by atoms with E-state index in [4.69, 9.17) is 0 Å². The summed E-state index contributed by atoms with van der Waals surface area (Å²) < 4.78 is 0. The van der Waals surface area contributed by atoms with Crippen LogP contribution in [0, 0.1) is 0 Å². The van der Waals surface area contributed by atoms with Gasteiger partial charge in [-0.25, -0.2) is 0 Å². The van der Waals surface area contributed by atoms with E-state index in [9.17, 15) is 4.79 Å². The van der Waals surface area contributed by atoms with E-state index < -0.39 is 5.91 Å². The van der Waals surface area contributed by atoms with Gasteiger partial charge in [-0.3, -0.25) is 4.79 Å². The summed E-state index contributed by atoms with van der Waals surface area (Å²) in [5.74, 6) is -0.481. The van der Waals surface area contributed by atoms with Crippen molar-refractivity contribution in [2.24, 2.45) is 5.73 Å². The van der Waals surface area contributed by atoms with E-state index in [0.29, 0.717) is 0 Å². The van der Waals surface area contributed by atoms with E-state index in [2.05, 4.69) is 26.1 Å². The van der Waals surface area contributed by atoms with Crippen LogP contribution in [0.1, 0.15) is 0 Å². The van der Waals surface area contributed by atoms with Crippen molar-refractivity contribution < 1.29 is 4.79 Å². The van der Waals surface area contributed by atoms with Crippen LogP contribution in [0.3, 0.4) is 0 Å². The average Bonchev–Trinajstić information content (AvgIpc) is 1.73. The molecule has 2 nitrogen and oxygen atoms in total. The van der Waals surface area contributed by atoms with Gasteiger partial charge in [-0.1, -0.05) is 6.58 Å². The van der Waals surface area contributed by atoms with Crippen LogP contribution < -0.4 is 5.73 Å². The zero-order chi connectivity index (χ0) is 6.28. The molecule has 0 aliphatic carbocycles. The summed E-state index contributed by atoms with van der Waals surface area (Å²) in [4.78, 5) is 9.47. The summed E-state index contributed by atoms with van der Waals surface area (Å²) >= 11 is 4.75. The zero-order valence-corrected chi connectivity index (χ0v) is 5.73. The molecule has 0 aliphatic heterocycles. The molecule has 0 saturated heterocycles. The fourth-order valence-electron chi connectivity index (χ4n) is 0. The van der Waals surface area contributed by atoms with Crippen molar-refractivity contribution in [3.63, 3.8) is 0 Å². The molecule has 0 aromatic rings. The van der Waals surface area contributed by atoms with E-state index in [1.54, 1.807) is 0 Å². The Morgan fingerprint density at radius 1 is 1.86 bits per heavy atom. The maximum absolute atomic E-state index is 9.47. The monoisotopic (exact) mass is 157 g/mol. The van der Waals surface area contributed by atoms with E-state index >= 15 is 0 Å². The maximum atomic E-state index is 9.47. The molecule has 0 atom stereocenters.